The Bertz CT molecular complexity index is 522. The molecule has 0 radical (unpaired) electrons. The van der Waals surface area contributed by atoms with Crippen molar-refractivity contribution in [1.29, 1.82) is 0 Å². The van der Waals surface area contributed by atoms with E-state index in [4.69, 9.17) is 4.74 Å². The lowest BCUT2D eigenvalue weighted by Gasteiger charge is -2.30. The van der Waals surface area contributed by atoms with Gasteiger partial charge in [0, 0.05) is 12.7 Å². The summed E-state index contributed by atoms with van der Waals surface area (Å²) in [6.45, 7) is 0.647. The molecule has 2 heterocycles. The topological polar surface area (TPSA) is 69.0 Å². The van der Waals surface area contributed by atoms with Crippen LogP contribution in [-0.4, -0.2) is 39.7 Å². The summed E-state index contributed by atoms with van der Waals surface area (Å²) in [5.41, 5.74) is -0.0316. The first-order chi connectivity index (χ1) is 10.8. The van der Waals surface area contributed by atoms with Crippen LogP contribution in [0.2, 0.25) is 0 Å². The fourth-order valence-corrected chi connectivity index (χ4v) is 3.53. The van der Waals surface area contributed by atoms with E-state index in [-0.39, 0.29) is 17.6 Å². The molecule has 3 aliphatic rings. The first-order valence-corrected chi connectivity index (χ1v) is 8.54. The molecule has 2 saturated carbocycles. The summed E-state index contributed by atoms with van der Waals surface area (Å²) in [5.74, 6) is 0.876. The Hall–Kier alpha value is -1.43. The minimum absolute atomic E-state index is 0.0316. The standard InChI is InChI=1S/C16H24N4O2/c21-15(10-13-2-1-3-14(22-13)12-4-5-12)17-11-16(6-7-16)20-9-8-18-19-20/h8-9,12-14H,1-7,10-11H2,(H,17,21)/t13-,14+/m0/s1. The number of rotatable bonds is 6. The van der Waals surface area contributed by atoms with Crippen molar-refractivity contribution in [3.8, 4) is 0 Å². The maximum atomic E-state index is 12.2. The predicted octanol–water partition coefficient (Wildman–Crippen LogP) is 1.62. The zero-order valence-electron chi connectivity index (χ0n) is 12.9. The number of hydrogen-bond acceptors (Lipinski definition) is 4. The van der Waals surface area contributed by atoms with E-state index < -0.39 is 0 Å². The van der Waals surface area contributed by atoms with Crippen molar-refractivity contribution in [3.63, 3.8) is 0 Å². The van der Waals surface area contributed by atoms with Crippen LogP contribution in [0.1, 0.15) is 51.4 Å². The Kier molecular flexibility index (Phi) is 3.64. The van der Waals surface area contributed by atoms with E-state index in [9.17, 15) is 4.79 Å². The van der Waals surface area contributed by atoms with Crippen LogP contribution in [-0.2, 0) is 15.1 Å². The van der Waals surface area contributed by atoms with Crippen molar-refractivity contribution in [3.05, 3.63) is 12.4 Å². The lowest BCUT2D eigenvalue weighted by Crippen LogP contribution is -2.39. The highest BCUT2D eigenvalue weighted by atomic mass is 16.5. The average Bonchev–Trinajstić information content (AvgIpc) is 3.46. The second-order valence-electron chi connectivity index (χ2n) is 7.12. The molecule has 4 rings (SSSR count). The van der Waals surface area contributed by atoms with Crippen LogP contribution in [0.25, 0.3) is 0 Å². The molecule has 0 spiro atoms. The molecular weight excluding hydrogens is 280 g/mol. The van der Waals surface area contributed by atoms with Gasteiger partial charge in [0.1, 0.15) is 0 Å². The van der Waals surface area contributed by atoms with Gasteiger partial charge >= 0.3 is 0 Å². The fourth-order valence-electron chi connectivity index (χ4n) is 3.53. The van der Waals surface area contributed by atoms with Crippen molar-refractivity contribution >= 4 is 5.91 Å². The average molecular weight is 304 g/mol. The molecule has 0 aromatic carbocycles. The van der Waals surface area contributed by atoms with Gasteiger partial charge in [-0.05, 0) is 50.9 Å². The quantitative estimate of drug-likeness (QED) is 0.867. The van der Waals surface area contributed by atoms with Gasteiger partial charge in [-0.25, -0.2) is 4.68 Å². The molecule has 3 fully saturated rings. The molecule has 1 N–H and O–H groups in total. The van der Waals surface area contributed by atoms with Gasteiger partial charge in [-0.2, -0.15) is 0 Å². The van der Waals surface area contributed by atoms with E-state index in [2.05, 4.69) is 15.6 Å². The van der Waals surface area contributed by atoms with Gasteiger partial charge in [0.15, 0.2) is 0 Å². The zero-order chi connectivity index (χ0) is 15.0. The number of aromatic nitrogens is 3. The van der Waals surface area contributed by atoms with E-state index in [0.29, 0.717) is 19.1 Å². The smallest absolute Gasteiger partial charge is 0.222 e. The first kappa shape index (κ1) is 14.2. The van der Waals surface area contributed by atoms with Gasteiger partial charge < -0.3 is 10.1 Å². The SMILES string of the molecule is O=C(C[C@@H]1CCC[C@H](C2CC2)O1)NCC1(n2ccnn2)CC1. The molecule has 0 unspecified atom stereocenters. The minimum atomic E-state index is -0.0316. The molecule has 1 amide bonds. The highest BCUT2D eigenvalue weighted by molar-refractivity contribution is 5.76. The van der Waals surface area contributed by atoms with E-state index >= 15 is 0 Å². The first-order valence-electron chi connectivity index (χ1n) is 8.54. The number of hydrogen-bond donors (Lipinski definition) is 1. The number of nitrogens with zero attached hydrogens (tertiary/aromatic N) is 3. The van der Waals surface area contributed by atoms with Crippen LogP contribution in [0, 0.1) is 5.92 Å². The fraction of sp³-hybridized carbons (Fsp3) is 0.812. The highest BCUT2D eigenvalue weighted by Gasteiger charge is 2.46. The van der Waals surface area contributed by atoms with Gasteiger partial charge in [0.2, 0.25) is 5.91 Å². The normalized spacial score (nSPS) is 30.0. The molecule has 1 aromatic heterocycles. The number of amides is 1. The van der Waals surface area contributed by atoms with E-state index in [1.165, 1.54) is 25.7 Å². The summed E-state index contributed by atoms with van der Waals surface area (Å²) in [6.07, 6.45) is 12.7. The number of ether oxygens (including phenoxy) is 1. The van der Waals surface area contributed by atoms with Crippen LogP contribution < -0.4 is 5.32 Å². The van der Waals surface area contributed by atoms with Crippen LogP contribution in [0.5, 0.6) is 0 Å². The number of nitrogens with one attached hydrogen (secondary N) is 1. The summed E-state index contributed by atoms with van der Waals surface area (Å²) in [7, 11) is 0. The molecule has 0 bridgehead atoms. The molecule has 1 aliphatic heterocycles. The van der Waals surface area contributed by atoms with Crippen LogP contribution in [0.3, 0.4) is 0 Å². The summed E-state index contributed by atoms with van der Waals surface area (Å²) >= 11 is 0. The maximum absolute atomic E-state index is 12.2. The molecule has 1 aromatic rings. The Labute approximate surface area is 130 Å². The molecule has 120 valence electrons. The van der Waals surface area contributed by atoms with Crippen molar-refractivity contribution in [2.24, 2.45) is 5.92 Å². The van der Waals surface area contributed by atoms with E-state index in [1.807, 2.05) is 10.9 Å². The zero-order valence-corrected chi connectivity index (χ0v) is 12.9. The van der Waals surface area contributed by atoms with Crippen molar-refractivity contribution < 1.29 is 9.53 Å². The third-order valence-electron chi connectivity index (χ3n) is 5.29. The van der Waals surface area contributed by atoms with Gasteiger partial charge in [0.25, 0.3) is 0 Å². The van der Waals surface area contributed by atoms with Crippen LogP contribution in [0.15, 0.2) is 12.4 Å². The molecule has 6 heteroatoms. The number of carbonyl (C=O) groups is 1. The Morgan fingerprint density at radius 3 is 2.86 bits per heavy atom. The molecule has 22 heavy (non-hydrogen) atoms. The molecule has 2 atom stereocenters. The van der Waals surface area contributed by atoms with Crippen molar-refractivity contribution in [1.82, 2.24) is 20.3 Å². The van der Waals surface area contributed by atoms with Gasteiger partial charge in [-0.3, -0.25) is 4.79 Å². The van der Waals surface area contributed by atoms with Gasteiger partial charge in [-0.15, -0.1) is 5.10 Å². The Morgan fingerprint density at radius 1 is 1.32 bits per heavy atom. The van der Waals surface area contributed by atoms with Crippen molar-refractivity contribution in [2.45, 2.75) is 69.1 Å². The largest absolute Gasteiger partial charge is 0.374 e. The van der Waals surface area contributed by atoms with Gasteiger partial charge in [0.05, 0.1) is 30.4 Å². The maximum Gasteiger partial charge on any atom is 0.222 e. The minimum Gasteiger partial charge on any atom is -0.374 e. The predicted molar refractivity (Wildman–Crippen MR) is 80.1 cm³/mol. The summed E-state index contributed by atoms with van der Waals surface area (Å²) < 4.78 is 7.99. The Morgan fingerprint density at radius 2 is 2.18 bits per heavy atom. The molecular formula is C16H24N4O2. The third kappa shape index (κ3) is 3.02. The van der Waals surface area contributed by atoms with Crippen molar-refractivity contribution in [2.75, 3.05) is 6.54 Å². The second-order valence-corrected chi connectivity index (χ2v) is 7.12. The van der Waals surface area contributed by atoms with E-state index in [1.54, 1.807) is 6.20 Å². The molecule has 2 aliphatic carbocycles. The lowest BCUT2D eigenvalue weighted by molar-refractivity contribution is -0.128. The summed E-state index contributed by atoms with van der Waals surface area (Å²) in [6, 6.07) is 0. The third-order valence-corrected chi connectivity index (χ3v) is 5.29. The highest BCUT2D eigenvalue weighted by Crippen LogP contribution is 2.42. The summed E-state index contributed by atoms with van der Waals surface area (Å²) in [5, 5.41) is 11.0. The second kappa shape index (κ2) is 5.65. The number of carbonyl (C=O) groups excluding carboxylic acids is 1. The van der Waals surface area contributed by atoms with Crippen LogP contribution in [0.4, 0.5) is 0 Å². The van der Waals surface area contributed by atoms with Crippen LogP contribution >= 0.6 is 0 Å². The summed E-state index contributed by atoms with van der Waals surface area (Å²) in [4.78, 5) is 12.2. The monoisotopic (exact) mass is 304 g/mol. The molecule has 6 nitrogen and oxygen atoms in total. The van der Waals surface area contributed by atoms with E-state index in [0.717, 1.165) is 25.2 Å². The van der Waals surface area contributed by atoms with Gasteiger partial charge in [-0.1, -0.05) is 5.21 Å². The Balaban J connectivity index is 1.24. The molecule has 1 saturated heterocycles. The lowest BCUT2D eigenvalue weighted by atomic mass is 9.99.